The Kier molecular flexibility index (Phi) is 5.80. The van der Waals surface area contributed by atoms with Crippen molar-refractivity contribution in [2.75, 3.05) is 11.9 Å². The molecule has 6 nitrogen and oxygen atoms in total. The molecule has 0 saturated heterocycles. The number of nitrogens with zero attached hydrogens (tertiary/aromatic N) is 1. The second kappa shape index (κ2) is 8.44. The van der Waals surface area contributed by atoms with Crippen LogP contribution in [0.5, 0.6) is 0 Å². The van der Waals surface area contributed by atoms with Gasteiger partial charge in [0, 0.05) is 30.6 Å². The quantitative estimate of drug-likeness (QED) is 0.822. The molecule has 2 aromatic carbocycles. The van der Waals surface area contributed by atoms with Gasteiger partial charge >= 0.3 is 0 Å². The predicted molar refractivity (Wildman–Crippen MR) is 99.9 cm³/mol. The lowest BCUT2D eigenvalue weighted by molar-refractivity contribution is -0.131. The van der Waals surface area contributed by atoms with E-state index < -0.39 is 6.10 Å². The standard InChI is InChI=1S/C20H20FN3O3/c1-13-4-2-3-5-16(13)17-12-18(27-24-17)20(26)22-11-10-19(25)23-15-8-6-14(21)7-9-15/h2-9,18H,10-12H2,1H3,(H,22,26)(H,23,25)/t18-/m0/s1. The Hall–Kier alpha value is -3.22. The van der Waals surface area contributed by atoms with Crippen molar-refractivity contribution < 1.29 is 18.8 Å². The first-order valence-electron chi connectivity index (χ1n) is 8.65. The molecule has 140 valence electrons. The second-order valence-electron chi connectivity index (χ2n) is 6.25. The van der Waals surface area contributed by atoms with Crippen molar-refractivity contribution in [2.45, 2.75) is 25.9 Å². The predicted octanol–water partition coefficient (Wildman–Crippen LogP) is 2.77. The zero-order valence-electron chi connectivity index (χ0n) is 14.9. The number of amides is 2. The molecule has 1 aliphatic heterocycles. The third kappa shape index (κ3) is 4.91. The van der Waals surface area contributed by atoms with Crippen molar-refractivity contribution in [1.82, 2.24) is 5.32 Å². The molecule has 0 fully saturated rings. The second-order valence-corrected chi connectivity index (χ2v) is 6.25. The van der Waals surface area contributed by atoms with Gasteiger partial charge in [0.2, 0.25) is 12.0 Å². The van der Waals surface area contributed by atoms with Crippen molar-refractivity contribution in [3.8, 4) is 0 Å². The van der Waals surface area contributed by atoms with Gasteiger partial charge in [-0.05, 0) is 36.8 Å². The number of carbonyl (C=O) groups excluding carboxylic acids is 2. The number of hydrogen-bond donors (Lipinski definition) is 2. The lowest BCUT2D eigenvalue weighted by Crippen LogP contribution is -2.36. The smallest absolute Gasteiger partial charge is 0.264 e. The topological polar surface area (TPSA) is 79.8 Å². The van der Waals surface area contributed by atoms with Crippen LogP contribution >= 0.6 is 0 Å². The highest BCUT2D eigenvalue weighted by atomic mass is 19.1. The van der Waals surface area contributed by atoms with Crippen LogP contribution in [-0.4, -0.2) is 30.2 Å². The lowest BCUT2D eigenvalue weighted by atomic mass is 10.0. The Morgan fingerprint density at radius 1 is 1.19 bits per heavy atom. The van der Waals surface area contributed by atoms with Crippen LogP contribution in [0, 0.1) is 12.7 Å². The van der Waals surface area contributed by atoms with Gasteiger partial charge in [0.1, 0.15) is 5.82 Å². The SMILES string of the molecule is Cc1ccccc1C1=NO[C@H](C(=O)NCCC(=O)Nc2ccc(F)cc2)C1. The highest BCUT2D eigenvalue weighted by molar-refractivity contribution is 6.05. The van der Waals surface area contributed by atoms with E-state index >= 15 is 0 Å². The number of nitrogens with one attached hydrogen (secondary N) is 2. The Bertz CT molecular complexity index is 865. The molecule has 7 heteroatoms. The van der Waals surface area contributed by atoms with Crippen LogP contribution < -0.4 is 10.6 Å². The number of aryl methyl sites for hydroxylation is 1. The van der Waals surface area contributed by atoms with Crippen LogP contribution in [0.2, 0.25) is 0 Å². The van der Waals surface area contributed by atoms with Gasteiger partial charge in [-0.1, -0.05) is 29.4 Å². The summed E-state index contributed by atoms with van der Waals surface area (Å²) < 4.78 is 12.8. The summed E-state index contributed by atoms with van der Waals surface area (Å²) in [6.07, 6.45) is -0.209. The molecule has 2 N–H and O–H groups in total. The minimum atomic E-state index is -0.695. The first-order valence-corrected chi connectivity index (χ1v) is 8.65. The van der Waals surface area contributed by atoms with Gasteiger partial charge in [-0.25, -0.2) is 4.39 Å². The molecule has 0 bridgehead atoms. The van der Waals surface area contributed by atoms with Crippen molar-refractivity contribution in [2.24, 2.45) is 5.16 Å². The molecule has 2 aromatic rings. The monoisotopic (exact) mass is 369 g/mol. The summed E-state index contributed by atoms with van der Waals surface area (Å²) in [5.74, 6) is -0.952. The number of hydrogen-bond acceptors (Lipinski definition) is 4. The van der Waals surface area contributed by atoms with E-state index in [1.807, 2.05) is 31.2 Å². The van der Waals surface area contributed by atoms with E-state index in [4.69, 9.17) is 4.84 Å². The molecule has 1 aliphatic rings. The fourth-order valence-electron chi connectivity index (χ4n) is 2.74. The number of benzene rings is 2. The van der Waals surface area contributed by atoms with Crippen LogP contribution in [0.1, 0.15) is 24.0 Å². The van der Waals surface area contributed by atoms with E-state index in [2.05, 4.69) is 15.8 Å². The van der Waals surface area contributed by atoms with Gasteiger partial charge in [-0.2, -0.15) is 0 Å². The fraction of sp³-hybridized carbons (Fsp3) is 0.250. The number of rotatable bonds is 6. The molecule has 0 radical (unpaired) electrons. The largest absolute Gasteiger partial charge is 0.382 e. The first kappa shape index (κ1) is 18.6. The molecule has 0 aromatic heterocycles. The van der Waals surface area contributed by atoms with Crippen LogP contribution in [0.3, 0.4) is 0 Å². The van der Waals surface area contributed by atoms with Gasteiger partial charge in [0.25, 0.3) is 5.91 Å². The summed E-state index contributed by atoms with van der Waals surface area (Å²) in [6, 6.07) is 13.3. The summed E-state index contributed by atoms with van der Waals surface area (Å²) >= 11 is 0. The van der Waals surface area contributed by atoms with E-state index in [0.29, 0.717) is 12.1 Å². The summed E-state index contributed by atoms with van der Waals surface area (Å²) in [5.41, 5.74) is 3.27. The number of halogens is 1. The highest BCUT2D eigenvalue weighted by Crippen LogP contribution is 2.19. The highest BCUT2D eigenvalue weighted by Gasteiger charge is 2.29. The van der Waals surface area contributed by atoms with Gasteiger partial charge < -0.3 is 15.5 Å². The van der Waals surface area contributed by atoms with E-state index in [1.165, 1.54) is 24.3 Å². The molecule has 27 heavy (non-hydrogen) atoms. The lowest BCUT2D eigenvalue weighted by Gasteiger charge is -2.10. The summed E-state index contributed by atoms with van der Waals surface area (Å²) in [6.45, 7) is 2.15. The number of carbonyl (C=O) groups is 2. The van der Waals surface area contributed by atoms with Crippen molar-refractivity contribution in [1.29, 1.82) is 0 Å². The first-order chi connectivity index (χ1) is 13.0. The van der Waals surface area contributed by atoms with Crippen molar-refractivity contribution >= 4 is 23.2 Å². The van der Waals surface area contributed by atoms with E-state index in [0.717, 1.165) is 16.8 Å². The minimum Gasteiger partial charge on any atom is -0.382 e. The van der Waals surface area contributed by atoms with Crippen LogP contribution in [-0.2, 0) is 14.4 Å². The normalized spacial score (nSPS) is 15.6. The minimum absolute atomic E-state index is 0.0986. The van der Waals surface area contributed by atoms with Gasteiger partial charge in [-0.3, -0.25) is 9.59 Å². The maximum Gasteiger partial charge on any atom is 0.264 e. The fourth-order valence-corrected chi connectivity index (χ4v) is 2.74. The third-order valence-corrected chi connectivity index (χ3v) is 4.20. The molecular formula is C20H20FN3O3. The van der Waals surface area contributed by atoms with Crippen LogP contribution in [0.15, 0.2) is 53.7 Å². The summed E-state index contributed by atoms with van der Waals surface area (Å²) in [4.78, 5) is 29.3. The maximum atomic E-state index is 12.8. The van der Waals surface area contributed by atoms with Crippen molar-refractivity contribution in [3.05, 3.63) is 65.5 Å². The molecule has 0 saturated carbocycles. The molecular weight excluding hydrogens is 349 g/mol. The van der Waals surface area contributed by atoms with E-state index in [1.54, 1.807) is 0 Å². The molecule has 1 atom stereocenters. The van der Waals surface area contributed by atoms with Gasteiger partial charge in [0.05, 0.1) is 5.71 Å². The Balaban J connectivity index is 1.42. The molecule has 2 amide bonds. The average Bonchev–Trinajstić information content (AvgIpc) is 3.14. The number of anilines is 1. The molecule has 0 aliphatic carbocycles. The molecule has 0 spiro atoms. The van der Waals surface area contributed by atoms with Gasteiger partial charge in [0.15, 0.2) is 0 Å². The van der Waals surface area contributed by atoms with Gasteiger partial charge in [-0.15, -0.1) is 0 Å². The molecule has 3 rings (SSSR count). The number of oxime groups is 1. The van der Waals surface area contributed by atoms with E-state index in [9.17, 15) is 14.0 Å². The van der Waals surface area contributed by atoms with Crippen molar-refractivity contribution in [3.63, 3.8) is 0 Å². The summed E-state index contributed by atoms with van der Waals surface area (Å²) in [7, 11) is 0. The Morgan fingerprint density at radius 3 is 2.67 bits per heavy atom. The zero-order valence-corrected chi connectivity index (χ0v) is 14.9. The van der Waals surface area contributed by atoms with E-state index in [-0.39, 0.29) is 30.6 Å². The maximum absolute atomic E-state index is 12.8. The van der Waals surface area contributed by atoms with Crippen LogP contribution in [0.4, 0.5) is 10.1 Å². The Morgan fingerprint density at radius 2 is 1.93 bits per heavy atom. The van der Waals surface area contributed by atoms with Crippen LogP contribution in [0.25, 0.3) is 0 Å². The average molecular weight is 369 g/mol. The Labute approximate surface area is 156 Å². The summed E-state index contributed by atoms with van der Waals surface area (Å²) in [5, 5.41) is 9.34. The third-order valence-electron chi connectivity index (χ3n) is 4.20. The molecule has 0 unspecified atom stereocenters. The molecule has 1 heterocycles. The zero-order chi connectivity index (χ0) is 19.2.